The van der Waals surface area contributed by atoms with Crippen LogP contribution >= 0.6 is 11.6 Å². The number of hydrogen-bond donors (Lipinski definition) is 1. The Morgan fingerprint density at radius 3 is 2.19 bits per heavy atom. The van der Waals surface area contributed by atoms with E-state index in [0.717, 1.165) is 22.3 Å². The van der Waals surface area contributed by atoms with Crippen LogP contribution in [0.3, 0.4) is 0 Å². The normalized spacial score (nSPS) is 13.7. The van der Waals surface area contributed by atoms with Crippen molar-refractivity contribution >= 4 is 17.6 Å². The SMILES string of the molecule is CCOc1cc(C2C(C#N)=C(N)Oc3cc(OC(=O)C(c4ccccc4)c4ccccc4)ccc32)ccc1OCc1ccc(Cl)cc1. The molecule has 1 aliphatic heterocycles. The van der Waals surface area contributed by atoms with Crippen molar-refractivity contribution in [3.63, 3.8) is 0 Å². The summed E-state index contributed by atoms with van der Waals surface area (Å²) in [6.07, 6.45) is 0. The highest BCUT2D eigenvalue weighted by Gasteiger charge is 2.32. The van der Waals surface area contributed by atoms with E-state index < -0.39 is 17.8 Å². The molecule has 8 heteroatoms. The number of fused-ring (bicyclic) bond motifs is 1. The van der Waals surface area contributed by atoms with Crippen LogP contribution < -0.4 is 24.7 Å². The van der Waals surface area contributed by atoms with E-state index in [-0.39, 0.29) is 11.5 Å². The molecule has 47 heavy (non-hydrogen) atoms. The Balaban J connectivity index is 1.29. The predicted octanol–water partition coefficient (Wildman–Crippen LogP) is 8.27. The van der Waals surface area contributed by atoms with Gasteiger partial charge in [0.1, 0.15) is 35.7 Å². The van der Waals surface area contributed by atoms with Crippen molar-refractivity contribution in [1.82, 2.24) is 0 Å². The number of allylic oxidation sites excluding steroid dienone is 1. The minimum atomic E-state index is -0.630. The Hall–Kier alpha value is -5.71. The van der Waals surface area contributed by atoms with Gasteiger partial charge >= 0.3 is 5.97 Å². The maximum Gasteiger partial charge on any atom is 0.323 e. The van der Waals surface area contributed by atoms with Gasteiger partial charge in [-0.3, -0.25) is 4.79 Å². The fourth-order valence-electron chi connectivity index (χ4n) is 5.61. The molecule has 1 atom stereocenters. The first-order valence-electron chi connectivity index (χ1n) is 15.1. The molecule has 1 aliphatic rings. The summed E-state index contributed by atoms with van der Waals surface area (Å²) in [4.78, 5) is 13.6. The number of halogens is 1. The van der Waals surface area contributed by atoms with Crippen LogP contribution in [-0.4, -0.2) is 12.6 Å². The second kappa shape index (κ2) is 14.2. The first-order chi connectivity index (χ1) is 22.9. The molecule has 0 saturated carbocycles. The van der Waals surface area contributed by atoms with Gasteiger partial charge in [-0.15, -0.1) is 0 Å². The van der Waals surface area contributed by atoms with E-state index in [2.05, 4.69) is 6.07 Å². The van der Waals surface area contributed by atoms with Crippen LogP contribution in [0.25, 0.3) is 0 Å². The Morgan fingerprint density at radius 1 is 0.872 bits per heavy atom. The van der Waals surface area contributed by atoms with Gasteiger partial charge in [0.15, 0.2) is 11.5 Å². The van der Waals surface area contributed by atoms with Crippen molar-refractivity contribution in [2.75, 3.05) is 6.61 Å². The van der Waals surface area contributed by atoms with Crippen molar-refractivity contribution in [3.05, 3.63) is 166 Å². The van der Waals surface area contributed by atoms with E-state index in [1.807, 2.05) is 110 Å². The van der Waals surface area contributed by atoms with Gasteiger partial charge in [0.05, 0.1) is 12.5 Å². The summed E-state index contributed by atoms with van der Waals surface area (Å²) in [5, 5.41) is 10.8. The fourth-order valence-corrected chi connectivity index (χ4v) is 5.73. The van der Waals surface area contributed by atoms with Gasteiger partial charge in [-0.05, 0) is 59.5 Å². The molecule has 0 radical (unpaired) electrons. The maximum absolute atomic E-state index is 13.6. The summed E-state index contributed by atoms with van der Waals surface area (Å²) in [6.45, 7) is 2.63. The maximum atomic E-state index is 13.6. The Labute approximate surface area is 278 Å². The molecule has 2 N–H and O–H groups in total. The predicted molar refractivity (Wildman–Crippen MR) is 179 cm³/mol. The van der Waals surface area contributed by atoms with Crippen LogP contribution in [0.5, 0.6) is 23.0 Å². The van der Waals surface area contributed by atoms with E-state index >= 15 is 0 Å². The minimum Gasteiger partial charge on any atom is -0.490 e. The van der Waals surface area contributed by atoms with E-state index in [4.69, 9.17) is 36.3 Å². The minimum absolute atomic E-state index is 0.0269. The second-order valence-corrected chi connectivity index (χ2v) is 11.3. The average Bonchev–Trinajstić information content (AvgIpc) is 3.09. The number of esters is 1. The third-order valence-electron chi connectivity index (χ3n) is 7.82. The highest BCUT2D eigenvalue weighted by molar-refractivity contribution is 6.30. The number of hydrogen-bond acceptors (Lipinski definition) is 7. The van der Waals surface area contributed by atoms with Gasteiger partial charge < -0.3 is 24.7 Å². The van der Waals surface area contributed by atoms with Gasteiger partial charge in [0, 0.05) is 16.7 Å². The molecule has 5 aromatic rings. The summed E-state index contributed by atoms with van der Waals surface area (Å²) in [7, 11) is 0. The summed E-state index contributed by atoms with van der Waals surface area (Å²) < 4.78 is 23.9. The molecule has 0 aromatic heterocycles. The van der Waals surface area contributed by atoms with Crippen LogP contribution in [0, 0.1) is 11.3 Å². The van der Waals surface area contributed by atoms with E-state index in [0.29, 0.717) is 46.8 Å². The van der Waals surface area contributed by atoms with Crippen LogP contribution in [0.15, 0.2) is 133 Å². The number of ether oxygens (including phenoxy) is 4. The number of carbonyl (C=O) groups is 1. The Bertz CT molecular complexity index is 1910. The third-order valence-corrected chi connectivity index (χ3v) is 8.07. The summed E-state index contributed by atoms with van der Waals surface area (Å²) >= 11 is 6.02. The molecule has 1 unspecified atom stereocenters. The smallest absolute Gasteiger partial charge is 0.323 e. The highest BCUT2D eigenvalue weighted by Crippen LogP contribution is 2.45. The second-order valence-electron chi connectivity index (χ2n) is 10.9. The monoisotopic (exact) mass is 642 g/mol. The molecule has 5 aromatic carbocycles. The molecule has 234 valence electrons. The summed E-state index contributed by atoms with van der Waals surface area (Å²) in [5.74, 6) is 0.108. The van der Waals surface area contributed by atoms with Crippen LogP contribution in [0.2, 0.25) is 5.02 Å². The van der Waals surface area contributed by atoms with Crippen LogP contribution in [-0.2, 0) is 11.4 Å². The molecule has 0 saturated heterocycles. The van der Waals surface area contributed by atoms with Crippen molar-refractivity contribution in [1.29, 1.82) is 5.26 Å². The summed E-state index contributed by atoms with van der Waals surface area (Å²) in [5.41, 5.74) is 10.6. The van der Waals surface area contributed by atoms with Gasteiger partial charge in [-0.25, -0.2) is 0 Å². The lowest BCUT2D eigenvalue weighted by atomic mass is 9.83. The first kappa shape index (κ1) is 31.3. The van der Waals surface area contributed by atoms with Crippen molar-refractivity contribution < 1.29 is 23.7 Å². The lowest BCUT2D eigenvalue weighted by Gasteiger charge is -2.27. The van der Waals surface area contributed by atoms with Crippen molar-refractivity contribution in [2.24, 2.45) is 5.73 Å². The van der Waals surface area contributed by atoms with E-state index in [9.17, 15) is 10.1 Å². The molecule has 0 bridgehead atoms. The number of rotatable bonds is 10. The number of nitrogens with zero attached hydrogens (tertiary/aromatic N) is 1. The fraction of sp³-hybridized carbons (Fsp3) is 0.128. The van der Waals surface area contributed by atoms with Crippen LogP contribution in [0.4, 0.5) is 0 Å². The number of nitriles is 1. The largest absolute Gasteiger partial charge is 0.490 e. The first-order valence-corrected chi connectivity index (χ1v) is 15.5. The standard InChI is InChI=1S/C39H31ClN2O5/c1-2-44-35-21-28(15-20-33(35)45-24-25-13-16-29(40)17-14-25)37-31-19-18-30(22-34(31)47-38(42)32(37)23-41)46-39(43)36(26-9-5-3-6-10-26)27-11-7-4-8-12-27/h3-22,36-37H,2,24,42H2,1H3. The number of nitrogens with two attached hydrogens (primary N) is 1. The molecule has 0 amide bonds. The molecule has 1 heterocycles. The molecule has 6 rings (SSSR count). The highest BCUT2D eigenvalue weighted by atomic mass is 35.5. The topological polar surface area (TPSA) is 104 Å². The molecular weight excluding hydrogens is 612 g/mol. The van der Waals surface area contributed by atoms with Gasteiger partial charge in [-0.1, -0.05) is 96.5 Å². The number of carbonyl (C=O) groups excluding carboxylic acids is 1. The lowest BCUT2D eigenvalue weighted by Crippen LogP contribution is -2.22. The van der Waals surface area contributed by atoms with E-state index in [1.165, 1.54) is 0 Å². The van der Waals surface area contributed by atoms with Crippen LogP contribution in [0.1, 0.15) is 46.6 Å². The van der Waals surface area contributed by atoms with Gasteiger partial charge in [-0.2, -0.15) is 5.26 Å². The zero-order chi connectivity index (χ0) is 32.8. The molecule has 0 spiro atoms. The van der Waals surface area contributed by atoms with Gasteiger partial charge in [0.2, 0.25) is 5.88 Å². The number of benzene rings is 5. The van der Waals surface area contributed by atoms with E-state index in [1.54, 1.807) is 18.2 Å². The molecule has 0 aliphatic carbocycles. The molecule has 0 fully saturated rings. The average molecular weight is 643 g/mol. The van der Waals surface area contributed by atoms with Gasteiger partial charge in [0.25, 0.3) is 0 Å². The Kier molecular flexibility index (Phi) is 9.42. The zero-order valence-corrected chi connectivity index (χ0v) is 26.3. The zero-order valence-electron chi connectivity index (χ0n) is 25.6. The van der Waals surface area contributed by atoms with Crippen molar-refractivity contribution in [3.8, 4) is 29.1 Å². The summed E-state index contributed by atoms with van der Waals surface area (Å²) in [6, 6.07) is 39.3. The Morgan fingerprint density at radius 2 is 1.55 bits per heavy atom. The lowest BCUT2D eigenvalue weighted by molar-refractivity contribution is -0.135. The third kappa shape index (κ3) is 6.94. The van der Waals surface area contributed by atoms with Crippen molar-refractivity contribution in [2.45, 2.75) is 25.4 Å². The quantitative estimate of drug-likeness (QED) is 0.121. The molecule has 7 nitrogen and oxygen atoms in total. The molecular formula is C39H31ClN2O5.